The van der Waals surface area contributed by atoms with E-state index >= 15 is 0 Å². The topological polar surface area (TPSA) is 77.0 Å². The second-order valence-electron chi connectivity index (χ2n) is 5.24. The smallest absolute Gasteiger partial charge is 0.263 e. The molecule has 0 amide bonds. The van der Waals surface area contributed by atoms with Crippen LogP contribution in [0.4, 0.5) is 0 Å². The van der Waals surface area contributed by atoms with Crippen molar-refractivity contribution >= 4 is 0 Å². The maximum Gasteiger partial charge on any atom is 0.263 e. The first-order valence-electron chi connectivity index (χ1n) is 7.21. The van der Waals surface area contributed by atoms with Gasteiger partial charge < -0.3 is 14.4 Å². The van der Waals surface area contributed by atoms with Gasteiger partial charge in [0, 0.05) is 18.0 Å². The van der Waals surface area contributed by atoms with Gasteiger partial charge in [0.2, 0.25) is 0 Å². The predicted molar refractivity (Wildman–Crippen MR) is 82.2 cm³/mol. The number of aromatic nitrogens is 3. The maximum atomic E-state index is 5.41. The minimum Gasteiger partial charge on any atom is -0.360 e. The highest BCUT2D eigenvalue weighted by Gasteiger charge is 2.22. The molecule has 6 nitrogen and oxygen atoms in total. The van der Waals surface area contributed by atoms with Gasteiger partial charge in [-0.05, 0) is 20.9 Å². The van der Waals surface area contributed by atoms with Crippen LogP contribution in [0.3, 0.4) is 0 Å². The van der Waals surface area contributed by atoms with Crippen molar-refractivity contribution in [1.29, 1.82) is 0 Å². The van der Waals surface area contributed by atoms with Gasteiger partial charge in [0.15, 0.2) is 5.82 Å². The highest BCUT2D eigenvalue weighted by atomic mass is 16.5. The number of benzene rings is 1. The quantitative estimate of drug-likeness (QED) is 0.780. The van der Waals surface area contributed by atoms with Crippen molar-refractivity contribution in [3.8, 4) is 22.7 Å². The van der Waals surface area contributed by atoms with Gasteiger partial charge in [-0.25, -0.2) is 0 Å². The number of rotatable bonds is 5. The van der Waals surface area contributed by atoms with Crippen LogP contribution in [0.25, 0.3) is 22.7 Å². The molecule has 0 saturated carbocycles. The Balaban J connectivity index is 1.97. The molecule has 0 aliphatic heterocycles. The highest BCUT2D eigenvalue weighted by Crippen LogP contribution is 2.33. The lowest BCUT2D eigenvalue weighted by molar-refractivity contribution is 0.396. The molecule has 1 unspecified atom stereocenters. The zero-order valence-electron chi connectivity index (χ0n) is 12.8. The molecule has 2 aromatic heterocycles. The maximum absolute atomic E-state index is 5.41. The Morgan fingerprint density at radius 3 is 2.64 bits per heavy atom. The third-order valence-corrected chi connectivity index (χ3v) is 3.57. The van der Waals surface area contributed by atoms with Crippen LogP contribution in [-0.4, -0.2) is 28.4 Å². The van der Waals surface area contributed by atoms with E-state index in [0.717, 1.165) is 16.8 Å². The second-order valence-corrected chi connectivity index (χ2v) is 5.24. The zero-order valence-corrected chi connectivity index (χ0v) is 12.8. The molecule has 0 spiro atoms. The van der Waals surface area contributed by atoms with Gasteiger partial charge in [-0.1, -0.05) is 40.6 Å². The van der Waals surface area contributed by atoms with E-state index in [0.29, 0.717) is 23.9 Å². The van der Waals surface area contributed by atoms with E-state index in [1.807, 2.05) is 44.3 Å². The van der Waals surface area contributed by atoms with Gasteiger partial charge in [-0.15, -0.1) is 0 Å². The molecule has 1 atom stereocenters. The van der Waals surface area contributed by atoms with Crippen LogP contribution in [0.2, 0.25) is 0 Å². The van der Waals surface area contributed by atoms with Gasteiger partial charge in [-0.2, -0.15) is 4.98 Å². The molecular formula is C16H18N4O2. The highest BCUT2D eigenvalue weighted by molar-refractivity contribution is 5.77. The van der Waals surface area contributed by atoms with Crippen molar-refractivity contribution in [3.63, 3.8) is 0 Å². The third kappa shape index (κ3) is 2.78. The minimum atomic E-state index is 0.280. The normalized spacial score (nSPS) is 12.5. The number of hydrogen-bond donors (Lipinski definition) is 1. The molecular weight excluding hydrogens is 280 g/mol. The summed E-state index contributed by atoms with van der Waals surface area (Å²) in [7, 11) is 1.91. The molecule has 1 N–H and O–H groups in total. The fourth-order valence-electron chi connectivity index (χ4n) is 2.23. The van der Waals surface area contributed by atoms with Crippen LogP contribution < -0.4 is 5.32 Å². The first-order chi connectivity index (χ1) is 10.7. The molecule has 2 heterocycles. The molecule has 22 heavy (non-hydrogen) atoms. The second kappa shape index (κ2) is 6.11. The molecule has 0 fully saturated rings. The van der Waals surface area contributed by atoms with Gasteiger partial charge in [0.25, 0.3) is 5.89 Å². The number of nitrogens with zero attached hydrogens (tertiary/aromatic N) is 3. The summed E-state index contributed by atoms with van der Waals surface area (Å²) < 4.78 is 10.7. The number of likely N-dealkylation sites (N-methyl/N-ethyl adjacent to an activating group) is 1. The summed E-state index contributed by atoms with van der Waals surface area (Å²) >= 11 is 0. The summed E-state index contributed by atoms with van der Waals surface area (Å²) in [6.07, 6.45) is 0.699. The van der Waals surface area contributed by atoms with E-state index in [4.69, 9.17) is 9.05 Å². The Labute approximate surface area is 128 Å². The third-order valence-electron chi connectivity index (χ3n) is 3.57. The summed E-state index contributed by atoms with van der Waals surface area (Å²) in [4.78, 5) is 4.47. The number of hydrogen-bond acceptors (Lipinski definition) is 6. The SMILES string of the molecule is CNC(C)Cc1noc(-c2c(-c3ccccc3)noc2C)n1. The lowest BCUT2D eigenvalue weighted by Crippen LogP contribution is -2.24. The summed E-state index contributed by atoms with van der Waals surface area (Å²) in [5, 5.41) is 11.3. The molecule has 3 aromatic rings. The first-order valence-corrected chi connectivity index (χ1v) is 7.21. The monoisotopic (exact) mass is 298 g/mol. The van der Waals surface area contributed by atoms with E-state index in [-0.39, 0.29) is 6.04 Å². The largest absolute Gasteiger partial charge is 0.360 e. The Kier molecular flexibility index (Phi) is 4.02. The predicted octanol–water partition coefficient (Wildman–Crippen LogP) is 2.85. The summed E-state index contributed by atoms with van der Waals surface area (Å²) in [5.74, 6) is 1.77. The van der Waals surface area contributed by atoms with Crippen molar-refractivity contribution in [2.45, 2.75) is 26.3 Å². The molecule has 0 radical (unpaired) electrons. The van der Waals surface area contributed by atoms with E-state index in [2.05, 4.69) is 27.5 Å². The minimum absolute atomic E-state index is 0.280. The van der Waals surface area contributed by atoms with Crippen LogP contribution in [0.15, 0.2) is 39.4 Å². The van der Waals surface area contributed by atoms with Gasteiger partial charge in [-0.3, -0.25) is 0 Å². The van der Waals surface area contributed by atoms with E-state index in [1.165, 1.54) is 0 Å². The van der Waals surface area contributed by atoms with Crippen molar-refractivity contribution in [1.82, 2.24) is 20.6 Å². The Morgan fingerprint density at radius 2 is 1.91 bits per heavy atom. The standard InChI is InChI=1S/C16H18N4O2/c1-10(17-3)9-13-18-16(22-19-13)14-11(2)21-20-15(14)12-7-5-4-6-8-12/h4-8,10,17H,9H2,1-3H3. The molecule has 114 valence electrons. The van der Waals surface area contributed by atoms with Gasteiger partial charge in [0.05, 0.1) is 0 Å². The van der Waals surface area contributed by atoms with Crippen molar-refractivity contribution in [2.24, 2.45) is 0 Å². The fourth-order valence-corrected chi connectivity index (χ4v) is 2.23. The van der Waals surface area contributed by atoms with Crippen LogP contribution in [-0.2, 0) is 6.42 Å². The Morgan fingerprint density at radius 1 is 1.14 bits per heavy atom. The fraction of sp³-hybridized carbons (Fsp3) is 0.312. The van der Waals surface area contributed by atoms with Crippen molar-refractivity contribution in [2.75, 3.05) is 7.05 Å². The average Bonchev–Trinajstić information content (AvgIpc) is 3.14. The molecule has 0 saturated heterocycles. The number of nitrogens with one attached hydrogen (secondary N) is 1. The zero-order chi connectivity index (χ0) is 15.5. The average molecular weight is 298 g/mol. The van der Waals surface area contributed by atoms with Crippen LogP contribution >= 0.6 is 0 Å². The van der Waals surface area contributed by atoms with Gasteiger partial charge >= 0.3 is 0 Å². The lowest BCUT2D eigenvalue weighted by atomic mass is 10.1. The lowest BCUT2D eigenvalue weighted by Gasteiger charge is -2.04. The summed E-state index contributed by atoms with van der Waals surface area (Å²) in [6.45, 7) is 3.91. The molecule has 0 aliphatic carbocycles. The Bertz CT molecular complexity index is 749. The van der Waals surface area contributed by atoms with E-state index in [9.17, 15) is 0 Å². The summed E-state index contributed by atoms with van der Waals surface area (Å²) in [6, 6.07) is 10.1. The van der Waals surface area contributed by atoms with Crippen molar-refractivity contribution in [3.05, 3.63) is 41.9 Å². The molecule has 0 aliphatic rings. The van der Waals surface area contributed by atoms with E-state index in [1.54, 1.807) is 0 Å². The number of aryl methyl sites for hydroxylation is 1. The van der Waals surface area contributed by atoms with Crippen LogP contribution in [0.5, 0.6) is 0 Å². The first kappa shape index (κ1) is 14.5. The van der Waals surface area contributed by atoms with Gasteiger partial charge in [0.1, 0.15) is 17.0 Å². The van der Waals surface area contributed by atoms with Crippen molar-refractivity contribution < 1.29 is 9.05 Å². The molecule has 1 aromatic carbocycles. The molecule has 6 heteroatoms. The summed E-state index contributed by atoms with van der Waals surface area (Å²) in [5.41, 5.74) is 2.43. The molecule has 3 rings (SSSR count). The van der Waals surface area contributed by atoms with Crippen LogP contribution in [0.1, 0.15) is 18.5 Å². The van der Waals surface area contributed by atoms with Crippen LogP contribution in [0, 0.1) is 6.92 Å². The Hall–Kier alpha value is -2.47. The van der Waals surface area contributed by atoms with E-state index < -0.39 is 0 Å². The molecule has 0 bridgehead atoms.